The van der Waals surface area contributed by atoms with Crippen molar-refractivity contribution in [3.05, 3.63) is 35.0 Å². The topological polar surface area (TPSA) is 120 Å². The average Bonchev–Trinajstić information content (AvgIpc) is 3.44. The highest BCUT2D eigenvalue weighted by molar-refractivity contribution is 7.89. The number of ether oxygens (including phenoxy) is 1. The molecular weight excluding hydrogens is 518 g/mol. The van der Waals surface area contributed by atoms with Crippen LogP contribution in [0.4, 0.5) is 0 Å². The maximum absolute atomic E-state index is 13.2. The van der Waals surface area contributed by atoms with E-state index in [-0.39, 0.29) is 38.1 Å². The van der Waals surface area contributed by atoms with Gasteiger partial charge < -0.3 is 15.0 Å². The summed E-state index contributed by atoms with van der Waals surface area (Å²) >= 11 is 0. The largest absolute Gasteiger partial charge is 0.493 e. The Morgan fingerprint density at radius 2 is 1.95 bits per heavy atom. The molecule has 3 aliphatic heterocycles. The van der Waals surface area contributed by atoms with Crippen LogP contribution in [0.5, 0.6) is 5.75 Å². The first-order chi connectivity index (χ1) is 18.7. The molecule has 2 fully saturated rings. The van der Waals surface area contributed by atoms with Crippen LogP contribution in [-0.2, 0) is 19.6 Å². The van der Waals surface area contributed by atoms with Crippen LogP contribution in [0, 0.1) is 5.92 Å². The fourth-order valence-corrected chi connectivity index (χ4v) is 6.54. The molecule has 0 aliphatic carbocycles. The van der Waals surface area contributed by atoms with E-state index in [1.165, 1.54) is 6.07 Å². The van der Waals surface area contributed by atoms with E-state index in [9.17, 15) is 18.0 Å². The van der Waals surface area contributed by atoms with Gasteiger partial charge in [0.05, 0.1) is 17.5 Å². The summed E-state index contributed by atoms with van der Waals surface area (Å²) < 4.78 is 34.7. The Bertz CT molecular complexity index is 1180. The maximum Gasteiger partial charge on any atom is 0.270 e. The molecule has 2 amide bonds. The van der Waals surface area contributed by atoms with Gasteiger partial charge in [-0.05, 0) is 56.9 Å². The molecular formula is C28H49N5O5S. The Balaban J connectivity index is 0.00000206. The van der Waals surface area contributed by atoms with Gasteiger partial charge in [0.25, 0.3) is 5.91 Å². The Hall–Kier alpha value is -2.63. The molecule has 3 aliphatic rings. The van der Waals surface area contributed by atoms with Gasteiger partial charge in [-0.3, -0.25) is 14.6 Å². The third kappa shape index (κ3) is 6.75. The Labute approximate surface area is 236 Å². The second-order valence-corrected chi connectivity index (χ2v) is 11.7. The number of benzene rings is 1. The lowest BCUT2D eigenvalue weighted by Gasteiger charge is -2.39. The van der Waals surface area contributed by atoms with Crippen LogP contribution >= 0.6 is 0 Å². The molecule has 0 spiro atoms. The van der Waals surface area contributed by atoms with Crippen molar-refractivity contribution in [1.29, 1.82) is 0 Å². The van der Waals surface area contributed by atoms with Gasteiger partial charge in [0, 0.05) is 40.4 Å². The highest BCUT2D eigenvalue weighted by Crippen LogP contribution is 2.39. The van der Waals surface area contributed by atoms with E-state index in [1.54, 1.807) is 17.0 Å². The van der Waals surface area contributed by atoms with E-state index in [4.69, 9.17) is 4.74 Å². The van der Waals surface area contributed by atoms with Crippen LogP contribution in [0.25, 0.3) is 0 Å². The van der Waals surface area contributed by atoms with E-state index in [0.29, 0.717) is 43.0 Å². The fourth-order valence-electron chi connectivity index (χ4n) is 5.43. The normalized spacial score (nSPS) is 23.0. The molecule has 1 aromatic carbocycles. The van der Waals surface area contributed by atoms with Crippen molar-refractivity contribution in [3.63, 3.8) is 0 Å². The summed E-state index contributed by atoms with van der Waals surface area (Å²) in [6, 6.07) is 4.85. The van der Waals surface area contributed by atoms with Crippen LogP contribution in [-0.4, -0.2) is 62.4 Å². The lowest BCUT2D eigenvalue weighted by molar-refractivity contribution is -0.127. The highest BCUT2D eigenvalue weighted by atomic mass is 32.2. The van der Waals surface area contributed by atoms with Crippen molar-refractivity contribution < 1.29 is 25.6 Å². The van der Waals surface area contributed by atoms with E-state index in [1.807, 2.05) is 32.7 Å². The summed E-state index contributed by atoms with van der Waals surface area (Å²) in [7, 11) is -3.80. The summed E-state index contributed by atoms with van der Waals surface area (Å²) in [5, 5.41) is 4.96. The number of likely N-dealkylation sites (tertiary alicyclic amines) is 1. The number of carbonyl (C=O) groups excluding carboxylic acids is 2. The van der Waals surface area contributed by atoms with Gasteiger partial charge in [0.1, 0.15) is 17.6 Å². The molecule has 1 aromatic rings. The molecule has 11 heteroatoms. The third-order valence-corrected chi connectivity index (χ3v) is 8.98. The maximum atomic E-state index is 13.2. The Morgan fingerprint density at radius 1 is 1.21 bits per heavy atom. The first kappa shape index (κ1) is 30.9. The molecule has 3 heterocycles. The smallest absolute Gasteiger partial charge is 0.270 e. The number of rotatable bonds is 11. The van der Waals surface area contributed by atoms with Gasteiger partial charge in [-0.25, -0.2) is 18.6 Å². The van der Waals surface area contributed by atoms with Crippen LogP contribution in [0.2, 0.25) is 0 Å². The van der Waals surface area contributed by atoms with Gasteiger partial charge >= 0.3 is 0 Å². The molecule has 0 bridgehead atoms. The molecule has 3 N–H and O–H groups in total. The molecule has 39 heavy (non-hydrogen) atoms. The number of fused-ring (bicyclic) bond motifs is 1. The number of carbonyl (C=O) groups is 2. The summed E-state index contributed by atoms with van der Waals surface area (Å²) in [5.41, 5.74) is 5.67. The molecule has 222 valence electrons. The second kappa shape index (κ2) is 13.6. The zero-order valence-corrected chi connectivity index (χ0v) is 25.0. The average molecular weight is 568 g/mol. The van der Waals surface area contributed by atoms with E-state index in [2.05, 4.69) is 29.3 Å². The number of hydrazine groups is 1. The molecule has 0 saturated carbocycles. The van der Waals surface area contributed by atoms with Crippen molar-refractivity contribution in [2.24, 2.45) is 5.92 Å². The molecule has 0 aromatic heterocycles. The number of hydrogen-bond donors (Lipinski definition) is 3. The van der Waals surface area contributed by atoms with Gasteiger partial charge in [0.15, 0.2) is 0 Å². The van der Waals surface area contributed by atoms with Crippen molar-refractivity contribution >= 4 is 21.8 Å². The third-order valence-electron chi connectivity index (χ3n) is 7.52. The van der Waals surface area contributed by atoms with Crippen LogP contribution < -0.4 is 20.2 Å². The van der Waals surface area contributed by atoms with Crippen molar-refractivity contribution in [2.45, 2.75) is 90.7 Å². The SMILES string of the molecule is CC.CCCC1C(C)C(C)=C2C(=O)NC(c3cc(S(=O)(=O)NCCCN4CCCC4=O)ccc3OCC)NN21.[HH].[HH]. The second-order valence-electron chi connectivity index (χ2n) is 9.95. The molecule has 4 rings (SSSR count). The quantitative estimate of drug-likeness (QED) is 0.347. The highest BCUT2D eigenvalue weighted by Gasteiger charge is 2.43. The molecule has 3 unspecified atom stereocenters. The number of nitrogens with one attached hydrogen (secondary N) is 3. The standard InChI is InChI=1S/C26H39N5O5S.C2H6.2H2/c1-5-9-21-17(3)18(4)24-26(33)28-25(29-31(21)24)20-16-19(11-12-22(20)36-6-2)37(34,35)27-13-8-15-30-14-7-10-23(30)32;1-2;;/h11-12,16-17,21,25,27,29H,5-10,13-15H2,1-4H3,(H,28,33);1-2H3;2*1H. The number of hydrogen-bond acceptors (Lipinski definition) is 7. The number of amides is 2. The van der Waals surface area contributed by atoms with Crippen molar-refractivity contribution in [2.75, 3.05) is 26.2 Å². The zero-order chi connectivity index (χ0) is 28.7. The first-order valence-electron chi connectivity index (χ1n) is 14.3. The monoisotopic (exact) mass is 567 g/mol. The summed E-state index contributed by atoms with van der Waals surface area (Å²) in [6.07, 6.45) is 3.22. The first-order valence-corrected chi connectivity index (χ1v) is 15.8. The molecule has 3 atom stereocenters. The predicted octanol–water partition coefficient (Wildman–Crippen LogP) is 3.92. The summed E-state index contributed by atoms with van der Waals surface area (Å²) in [5.74, 6) is 0.681. The van der Waals surface area contributed by atoms with E-state index in [0.717, 1.165) is 31.4 Å². The van der Waals surface area contributed by atoms with Crippen LogP contribution in [0.3, 0.4) is 0 Å². The number of nitrogens with zero attached hydrogens (tertiary/aromatic N) is 2. The summed E-state index contributed by atoms with van der Waals surface area (Å²) in [6.45, 7) is 14.0. The minimum absolute atomic E-state index is 0. The Morgan fingerprint density at radius 3 is 2.59 bits per heavy atom. The minimum Gasteiger partial charge on any atom is -0.493 e. The molecule has 0 radical (unpaired) electrons. The van der Waals surface area contributed by atoms with Gasteiger partial charge in [-0.2, -0.15) is 0 Å². The predicted molar refractivity (Wildman–Crippen MR) is 155 cm³/mol. The van der Waals surface area contributed by atoms with Crippen molar-refractivity contribution in [1.82, 2.24) is 25.4 Å². The van der Waals surface area contributed by atoms with Gasteiger partial charge in [-0.15, -0.1) is 0 Å². The number of sulfonamides is 1. The zero-order valence-electron chi connectivity index (χ0n) is 24.2. The molecule has 2 saturated heterocycles. The lowest BCUT2D eigenvalue weighted by Crippen LogP contribution is -2.57. The lowest BCUT2D eigenvalue weighted by atomic mass is 9.94. The van der Waals surface area contributed by atoms with Gasteiger partial charge in [0.2, 0.25) is 15.9 Å². The van der Waals surface area contributed by atoms with Gasteiger partial charge in [-0.1, -0.05) is 34.1 Å². The fraction of sp³-hybridized carbons (Fsp3) is 0.643. The van der Waals surface area contributed by atoms with Crippen LogP contribution in [0.15, 0.2) is 34.4 Å². The molecule has 10 nitrogen and oxygen atoms in total. The van der Waals surface area contributed by atoms with E-state index >= 15 is 0 Å². The van der Waals surface area contributed by atoms with E-state index < -0.39 is 16.2 Å². The Kier molecular flexibility index (Phi) is 10.8. The minimum atomic E-state index is -3.80. The summed E-state index contributed by atoms with van der Waals surface area (Å²) in [4.78, 5) is 26.8. The van der Waals surface area contributed by atoms with Crippen molar-refractivity contribution in [3.8, 4) is 5.75 Å². The van der Waals surface area contributed by atoms with Crippen LogP contribution in [0.1, 0.15) is 88.2 Å².